The van der Waals surface area contributed by atoms with Gasteiger partial charge in [0.15, 0.2) is 0 Å². The van der Waals surface area contributed by atoms with E-state index < -0.39 is 0 Å². The molecule has 1 aromatic carbocycles. The number of likely N-dealkylation sites (tertiary alicyclic amines) is 1. The summed E-state index contributed by atoms with van der Waals surface area (Å²) in [6, 6.07) is 7.94. The van der Waals surface area contributed by atoms with E-state index in [0.29, 0.717) is 12.5 Å². The summed E-state index contributed by atoms with van der Waals surface area (Å²) < 4.78 is 4.01. The molecular weight excluding hydrogens is 342 g/mol. The van der Waals surface area contributed by atoms with Gasteiger partial charge in [0.05, 0.1) is 12.1 Å². The molecule has 0 atom stereocenters. The van der Waals surface area contributed by atoms with Crippen LogP contribution in [0.15, 0.2) is 30.5 Å². The highest BCUT2D eigenvalue weighted by Crippen LogP contribution is 2.28. The van der Waals surface area contributed by atoms with Gasteiger partial charge in [0, 0.05) is 43.7 Å². The Bertz CT molecular complexity index is 935. The first-order chi connectivity index (χ1) is 13.3. The predicted octanol–water partition coefficient (Wildman–Crippen LogP) is 1.14. The van der Waals surface area contributed by atoms with Crippen molar-refractivity contribution in [2.75, 3.05) is 19.6 Å². The van der Waals surface area contributed by atoms with Gasteiger partial charge in [-0.3, -0.25) is 9.48 Å². The minimum Gasteiger partial charge on any atom is -0.341 e. The Morgan fingerprint density at radius 1 is 1.15 bits per heavy atom. The topological polar surface area (TPSA) is 80.9 Å². The Labute approximate surface area is 157 Å². The number of fused-ring (bicyclic) bond motifs is 2. The third-order valence-electron chi connectivity index (χ3n) is 5.62. The van der Waals surface area contributed by atoms with E-state index in [4.69, 9.17) is 0 Å². The molecule has 5 rings (SSSR count). The number of piperidine rings is 1. The van der Waals surface area contributed by atoms with Crippen LogP contribution in [-0.2, 0) is 24.4 Å². The highest BCUT2D eigenvalue weighted by molar-refractivity contribution is 5.79. The monoisotopic (exact) mass is 365 g/mol. The number of hydrogen-bond donors (Lipinski definition) is 1. The second kappa shape index (κ2) is 6.77. The van der Waals surface area contributed by atoms with Crippen LogP contribution in [0.5, 0.6) is 0 Å². The highest BCUT2D eigenvalue weighted by Gasteiger charge is 2.28. The van der Waals surface area contributed by atoms with Crippen LogP contribution >= 0.6 is 0 Å². The van der Waals surface area contributed by atoms with Gasteiger partial charge in [-0.25, -0.2) is 0 Å². The Balaban J connectivity index is 1.22. The Kier molecular flexibility index (Phi) is 4.12. The molecule has 1 saturated heterocycles. The number of hydrogen-bond acceptors (Lipinski definition) is 5. The van der Waals surface area contributed by atoms with Crippen LogP contribution in [0.2, 0.25) is 0 Å². The summed E-state index contributed by atoms with van der Waals surface area (Å²) in [7, 11) is 0. The van der Waals surface area contributed by atoms with Crippen molar-refractivity contribution in [3.63, 3.8) is 0 Å². The molecule has 0 spiro atoms. The van der Waals surface area contributed by atoms with Crippen molar-refractivity contribution in [3.8, 4) is 0 Å². The van der Waals surface area contributed by atoms with E-state index in [0.717, 1.165) is 68.1 Å². The molecule has 2 aliphatic rings. The molecule has 140 valence electrons. The fourth-order valence-corrected chi connectivity index (χ4v) is 4.14. The van der Waals surface area contributed by atoms with Gasteiger partial charge in [0.1, 0.15) is 18.2 Å². The Morgan fingerprint density at radius 3 is 2.85 bits per heavy atom. The molecule has 4 heterocycles. The molecule has 0 bridgehead atoms. The maximum Gasteiger partial charge on any atom is 0.244 e. The van der Waals surface area contributed by atoms with Gasteiger partial charge in [-0.05, 0) is 18.9 Å². The second-order valence-electron chi connectivity index (χ2n) is 7.34. The summed E-state index contributed by atoms with van der Waals surface area (Å²) in [5, 5.41) is 17.6. The van der Waals surface area contributed by atoms with Crippen LogP contribution < -0.4 is 5.32 Å². The van der Waals surface area contributed by atoms with Crippen molar-refractivity contribution in [3.05, 3.63) is 42.1 Å². The van der Waals surface area contributed by atoms with E-state index >= 15 is 0 Å². The van der Waals surface area contributed by atoms with Gasteiger partial charge in [0.25, 0.3) is 0 Å². The molecule has 1 N–H and O–H groups in total. The van der Waals surface area contributed by atoms with Crippen molar-refractivity contribution in [2.24, 2.45) is 0 Å². The maximum atomic E-state index is 12.7. The number of benzene rings is 1. The molecule has 3 aromatic rings. The molecule has 0 saturated carbocycles. The summed E-state index contributed by atoms with van der Waals surface area (Å²) in [4.78, 5) is 14.7. The zero-order valence-corrected chi connectivity index (χ0v) is 15.2. The van der Waals surface area contributed by atoms with Gasteiger partial charge in [-0.15, -0.1) is 10.2 Å². The lowest BCUT2D eigenvalue weighted by Gasteiger charge is -2.32. The van der Waals surface area contributed by atoms with Crippen LogP contribution in [0, 0.1) is 0 Å². The molecule has 0 aliphatic carbocycles. The van der Waals surface area contributed by atoms with Gasteiger partial charge in [-0.2, -0.15) is 5.10 Å². The number of amides is 1. The van der Waals surface area contributed by atoms with E-state index in [1.807, 2.05) is 35.4 Å². The van der Waals surface area contributed by atoms with E-state index in [1.165, 1.54) is 0 Å². The minimum absolute atomic E-state index is 0.133. The third-order valence-corrected chi connectivity index (χ3v) is 5.62. The standard InChI is InChI=1S/C19H23N7O/c27-18(13-25-12-15-3-1-2-4-16(15)23-25)24-8-5-14(6-9-24)19-22-21-17-11-20-7-10-26(17)19/h1-4,12,14,20H,5-11,13H2. The lowest BCUT2D eigenvalue weighted by molar-refractivity contribution is -0.133. The van der Waals surface area contributed by atoms with E-state index in [9.17, 15) is 4.79 Å². The van der Waals surface area contributed by atoms with Crippen LogP contribution in [0.3, 0.4) is 0 Å². The zero-order valence-electron chi connectivity index (χ0n) is 15.2. The molecular formula is C19H23N7O. The lowest BCUT2D eigenvalue weighted by atomic mass is 9.95. The maximum absolute atomic E-state index is 12.7. The minimum atomic E-state index is 0.133. The van der Waals surface area contributed by atoms with Gasteiger partial charge >= 0.3 is 0 Å². The fraction of sp³-hybridized carbons (Fsp3) is 0.474. The molecule has 0 radical (unpaired) electrons. The van der Waals surface area contributed by atoms with Crippen LogP contribution in [0.25, 0.3) is 10.9 Å². The number of rotatable bonds is 3. The second-order valence-corrected chi connectivity index (χ2v) is 7.34. The lowest BCUT2D eigenvalue weighted by Crippen LogP contribution is -2.40. The van der Waals surface area contributed by atoms with Crippen LogP contribution in [0.1, 0.15) is 30.4 Å². The molecule has 8 nitrogen and oxygen atoms in total. The average molecular weight is 365 g/mol. The quantitative estimate of drug-likeness (QED) is 0.753. The normalized spacial score (nSPS) is 18.0. The Morgan fingerprint density at radius 2 is 2.00 bits per heavy atom. The first-order valence-corrected chi connectivity index (χ1v) is 9.60. The molecule has 2 aromatic heterocycles. The van der Waals surface area contributed by atoms with Crippen LogP contribution in [0.4, 0.5) is 0 Å². The molecule has 1 fully saturated rings. The number of carbonyl (C=O) groups excluding carboxylic acids is 1. The smallest absolute Gasteiger partial charge is 0.244 e. The molecule has 0 unspecified atom stereocenters. The average Bonchev–Trinajstić information content (AvgIpc) is 3.31. The van der Waals surface area contributed by atoms with Gasteiger partial charge in [0.2, 0.25) is 5.91 Å². The van der Waals surface area contributed by atoms with Crippen molar-refractivity contribution < 1.29 is 4.79 Å². The van der Waals surface area contributed by atoms with Gasteiger partial charge < -0.3 is 14.8 Å². The summed E-state index contributed by atoms with van der Waals surface area (Å²) >= 11 is 0. The number of carbonyl (C=O) groups is 1. The first kappa shape index (κ1) is 16.4. The predicted molar refractivity (Wildman–Crippen MR) is 100 cm³/mol. The summed E-state index contributed by atoms with van der Waals surface area (Å²) in [5.41, 5.74) is 0.926. The molecule has 27 heavy (non-hydrogen) atoms. The van der Waals surface area contributed by atoms with Gasteiger partial charge in [-0.1, -0.05) is 18.2 Å². The highest BCUT2D eigenvalue weighted by atomic mass is 16.2. The molecule has 2 aliphatic heterocycles. The SMILES string of the molecule is O=C(Cn1cc2ccccc2n1)N1CCC(c2nnc3n2CCNC3)CC1. The summed E-state index contributed by atoms with van der Waals surface area (Å²) in [6.07, 6.45) is 3.83. The van der Waals surface area contributed by atoms with E-state index in [-0.39, 0.29) is 5.91 Å². The fourth-order valence-electron chi connectivity index (χ4n) is 4.14. The van der Waals surface area contributed by atoms with Crippen molar-refractivity contribution >= 4 is 16.8 Å². The number of aromatic nitrogens is 5. The first-order valence-electron chi connectivity index (χ1n) is 9.60. The van der Waals surface area contributed by atoms with Crippen molar-refractivity contribution in [1.29, 1.82) is 0 Å². The summed E-state index contributed by atoms with van der Waals surface area (Å²) in [6.45, 7) is 4.53. The number of nitrogens with one attached hydrogen (secondary N) is 1. The zero-order chi connectivity index (χ0) is 18.2. The third kappa shape index (κ3) is 3.10. The molecule has 8 heteroatoms. The van der Waals surface area contributed by atoms with Crippen molar-refractivity contribution in [2.45, 2.75) is 38.4 Å². The van der Waals surface area contributed by atoms with Crippen molar-refractivity contribution in [1.82, 2.24) is 34.8 Å². The largest absolute Gasteiger partial charge is 0.341 e. The number of nitrogens with zero attached hydrogens (tertiary/aromatic N) is 6. The van der Waals surface area contributed by atoms with E-state index in [1.54, 1.807) is 4.68 Å². The molecule has 1 amide bonds. The summed E-state index contributed by atoms with van der Waals surface area (Å²) in [5.74, 6) is 2.65. The Hall–Kier alpha value is -2.74. The van der Waals surface area contributed by atoms with E-state index in [2.05, 4.69) is 25.2 Å². The van der Waals surface area contributed by atoms with Crippen LogP contribution in [-0.4, -0.2) is 55.0 Å².